The number of hydrogen-bond donors (Lipinski definition) is 3. The van der Waals surface area contributed by atoms with E-state index in [0.29, 0.717) is 11.3 Å². The van der Waals surface area contributed by atoms with Crippen LogP contribution in [0.15, 0.2) is 48.7 Å². The van der Waals surface area contributed by atoms with Gasteiger partial charge in [-0.1, -0.05) is 18.2 Å². The van der Waals surface area contributed by atoms with Crippen LogP contribution < -0.4 is 10.1 Å². The predicted octanol–water partition coefficient (Wildman–Crippen LogP) is 2.56. The molecule has 4 rings (SSSR count). The van der Waals surface area contributed by atoms with E-state index in [1.807, 2.05) is 24.3 Å². The van der Waals surface area contributed by atoms with Crippen LogP contribution in [0.1, 0.15) is 11.1 Å². The van der Waals surface area contributed by atoms with Crippen molar-refractivity contribution in [1.29, 1.82) is 0 Å². The molecule has 0 unspecified atom stereocenters. The lowest BCUT2D eigenvalue weighted by atomic mass is 10.0. The molecule has 2 heterocycles. The van der Waals surface area contributed by atoms with E-state index in [-0.39, 0.29) is 5.91 Å². The standard InChI is InChI=1S/C19H14N2O4/c22-10-18(23)25-12-5-6-16-14(8-12)11(9-20-16)7-15-13-3-1-2-4-17(13)21-19(15)24/h1-9,20,22H,10H2,(H,21,24). The van der Waals surface area contributed by atoms with Gasteiger partial charge in [0.2, 0.25) is 0 Å². The molecule has 0 bridgehead atoms. The first-order valence-corrected chi connectivity index (χ1v) is 7.71. The fraction of sp³-hybridized carbons (Fsp3) is 0.0526. The van der Waals surface area contributed by atoms with Gasteiger partial charge in [-0.25, -0.2) is 4.79 Å². The van der Waals surface area contributed by atoms with Crippen molar-refractivity contribution >= 4 is 40.1 Å². The molecule has 25 heavy (non-hydrogen) atoms. The second kappa shape index (κ2) is 5.92. The summed E-state index contributed by atoms with van der Waals surface area (Å²) in [5.74, 6) is -0.542. The lowest BCUT2D eigenvalue weighted by Crippen LogP contribution is -2.11. The third kappa shape index (κ3) is 2.68. The van der Waals surface area contributed by atoms with Gasteiger partial charge in [-0.15, -0.1) is 0 Å². The van der Waals surface area contributed by atoms with E-state index in [0.717, 1.165) is 27.7 Å². The predicted molar refractivity (Wildman–Crippen MR) is 94.0 cm³/mol. The molecule has 1 amide bonds. The highest BCUT2D eigenvalue weighted by molar-refractivity contribution is 6.35. The number of carbonyl (C=O) groups excluding carboxylic acids is 2. The Balaban J connectivity index is 1.78. The molecule has 3 N–H and O–H groups in total. The summed E-state index contributed by atoms with van der Waals surface area (Å²) in [6.45, 7) is -0.682. The van der Waals surface area contributed by atoms with Crippen molar-refractivity contribution in [2.24, 2.45) is 0 Å². The molecule has 0 fully saturated rings. The quantitative estimate of drug-likeness (QED) is 0.390. The van der Waals surface area contributed by atoms with Crippen LogP contribution in [0.5, 0.6) is 5.75 Å². The summed E-state index contributed by atoms with van der Waals surface area (Å²) in [4.78, 5) is 26.6. The fourth-order valence-electron chi connectivity index (χ4n) is 2.91. The minimum atomic E-state index is -0.723. The number of aromatic amines is 1. The van der Waals surface area contributed by atoms with Crippen LogP contribution in [0.4, 0.5) is 5.69 Å². The van der Waals surface area contributed by atoms with Crippen molar-refractivity contribution in [3.63, 3.8) is 0 Å². The molecule has 1 aliphatic heterocycles. The third-order valence-corrected chi connectivity index (χ3v) is 4.06. The molecule has 6 heteroatoms. The molecule has 0 atom stereocenters. The molecular weight excluding hydrogens is 320 g/mol. The minimum absolute atomic E-state index is 0.154. The Morgan fingerprint density at radius 2 is 2.04 bits per heavy atom. The molecule has 1 aliphatic rings. The first-order chi connectivity index (χ1) is 12.2. The van der Waals surface area contributed by atoms with Gasteiger partial charge >= 0.3 is 5.97 Å². The number of amides is 1. The number of rotatable bonds is 3. The fourth-order valence-corrected chi connectivity index (χ4v) is 2.91. The Hall–Kier alpha value is -3.38. The smallest absolute Gasteiger partial charge is 0.337 e. The minimum Gasteiger partial charge on any atom is -0.425 e. The van der Waals surface area contributed by atoms with Gasteiger partial charge < -0.3 is 20.1 Å². The Morgan fingerprint density at radius 3 is 2.88 bits per heavy atom. The number of hydrogen-bond acceptors (Lipinski definition) is 4. The SMILES string of the molecule is O=C(CO)Oc1ccc2[nH]cc(C=C3C(=O)Nc4ccccc43)c2c1. The van der Waals surface area contributed by atoms with Crippen LogP contribution in [0, 0.1) is 0 Å². The van der Waals surface area contributed by atoms with Gasteiger partial charge in [0.1, 0.15) is 12.4 Å². The van der Waals surface area contributed by atoms with Gasteiger partial charge in [-0.3, -0.25) is 4.79 Å². The molecular formula is C19H14N2O4. The van der Waals surface area contributed by atoms with Crippen molar-refractivity contribution in [3.05, 3.63) is 59.8 Å². The maximum absolute atomic E-state index is 12.3. The molecule has 0 aliphatic carbocycles. The summed E-state index contributed by atoms with van der Waals surface area (Å²) in [6, 6.07) is 12.6. The Bertz CT molecular complexity index is 1030. The number of aromatic nitrogens is 1. The van der Waals surface area contributed by atoms with Crippen LogP contribution in [0.2, 0.25) is 0 Å². The average molecular weight is 334 g/mol. The van der Waals surface area contributed by atoms with E-state index < -0.39 is 12.6 Å². The van der Waals surface area contributed by atoms with Crippen molar-refractivity contribution in [1.82, 2.24) is 4.98 Å². The first-order valence-electron chi connectivity index (χ1n) is 7.71. The van der Waals surface area contributed by atoms with Gasteiger partial charge in [0.25, 0.3) is 5.91 Å². The molecule has 0 saturated heterocycles. The highest BCUT2D eigenvalue weighted by Crippen LogP contribution is 2.34. The zero-order chi connectivity index (χ0) is 17.4. The summed E-state index contributed by atoms with van der Waals surface area (Å²) in [7, 11) is 0. The van der Waals surface area contributed by atoms with Crippen LogP contribution in [0.25, 0.3) is 22.6 Å². The summed E-state index contributed by atoms with van der Waals surface area (Å²) >= 11 is 0. The number of aliphatic hydroxyl groups excluding tert-OH is 1. The molecule has 0 saturated carbocycles. The van der Waals surface area contributed by atoms with E-state index in [9.17, 15) is 9.59 Å². The molecule has 0 radical (unpaired) electrons. The number of aliphatic hydroxyl groups is 1. The Kier molecular flexibility index (Phi) is 3.59. The van der Waals surface area contributed by atoms with Crippen LogP contribution >= 0.6 is 0 Å². The molecule has 6 nitrogen and oxygen atoms in total. The van der Waals surface area contributed by atoms with Crippen molar-refractivity contribution in [2.75, 3.05) is 11.9 Å². The summed E-state index contributed by atoms with van der Waals surface area (Å²) in [5.41, 5.74) is 3.87. The van der Waals surface area contributed by atoms with Crippen LogP contribution in [-0.4, -0.2) is 28.6 Å². The summed E-state index contributed by atoms with van der Waals surface area (Å²) in [5, 5.41) is 12.5. The van der Waals surface area contributed by atoms with Gasteiger partial charge in [0.05, 0.1) is 0 Å². The lowest BCUT2D eigenvalue weighted by molar-refractivity contribution is -0.137. The van der Waals surface area contributed by atoms with E-state index >= 15 is 0 Å². The number of H-pyrrole nitrogens is 1. The van der Waals surface area contributed by atoms with Crippen LogP contribution in [-0.2, 0) is 9.59 Å². The maximum atomic E-state index is 12.3. The Morgan fingerprint density at radius 1 is 1.20 bits per heavy atom. The maximum Gasteiger partial charge on any atom is 0.337 e. The number of esters is 1. The van der Waals surface area contributed by atoms with Gasteiger partial charge in [-0.05, 0) is 30.3 Å². The van der Waals surface area contributed by atoms with Gasteiger partial charge in [-0.2, -0.15) is 0 Å². The summed E-state index contributed by atoms with van der Waals surface area (Å²) < 4.78 is 5.04. The molecule has 0 spiro atoms. The van der Waals surface area contributed by atoms with Gasteiger partial charge in [0.15, 0.2) is 0 Å². The van der Waals surface area contributed by atoms with Crippen molar-refractivity contribution in [2.45, 2.75) is 0 Å². The lowest BCUT2D eigenvalue weighted by Gasteiger charge is -2.03. The highest BCUT2D eigenvalue weighted by Gasteiger charge is 2.23. The van der Waals surface area contributed by atoms with E-state index in [1.165, 1.54) is 0 Å². The topological polar surface area (TPSA) is 91.4 Å². The number of para-hydroxylation sites is 1. The van der Waals surface area contributed by atoms with Crippen molar-refractivity contribution < 1.29 is 19.4 Å². The van der Waals surface area contributed by atoms with Gasteiger partial charge in [0, 0.05) is 39.5 Å². The largest absolute Gasteiger partial charge is 0.425 e. The molecule has 124 valence electrons. The number of anilines is 1. The van der Waals surface area contributed by atoms with E-state index in [1.54, 1.807) is 30.5 Å². The molecule has 3 aromatic rings. The molecule has 2 aromatic carbocycles. The number of benzene rings is 2. The summed E-state index contributed by atoms with van der Waals surface area (Å²) in [6.07, 6.45) is 3.60. The number of nitrogens with one attached hydrogen (secondary N) is 2. The van der Waals surface area contributed by atoms with E-state index in [2.05, 4.69) is 10.3 Å². The number of ether oxygens (including phenoxy) is 1. The monoisotopic (exact) mass is 334 g/mol. The molecule has 1 aromatic heterocycles. The zero-order valence-electron chi connectivity index (χ0n) is 13.1. The number of fused-ring (bicyclic) bond motifs is 2. The Labute approximate surface area is 142 Å². The van der Waals surface area contributed by atoms with Crippen LogP contribution in [0.3, 0.4) is 0 Å². The van der Waals surface area contributed by atoms with E-state index in [4.69, 9.17) is 9.84 Å². The third-order valence-electron chi connectivity index (χ3n) is 4.06. The zero-order valence-corrected chi connectivity index (χ0v) is 13.1. The highest BCUT2D eigenvalue weighted by atomic mass is 16.5. The first kappa shape index (κ1) is 15.2. The normalized spacial score (nSPS) is 14.6. The number of carbonyl (C=O) groups is 2. The average Bonchev–Trinajstić information content (AvgIpc) is 3.16. The van der Waals surface area contributed by atoms with Crippen molar-refractivity contribution in [3.8, 4) is 5.75 Å². The second-order valence-electron chi connectivity index (χ2n) is 5.64. The second-order valence-corrected chi connectivity index (χ2v) is 5.64.